The van der Waals surface area contributed by atoms with Gasteiger partial charge in [0.05, 0.1) is 0 Å². The Labute approximate surface area is 113 Å². The van der Waals surface area contributed by atoms with Crippen LogP contribution in [0.25, 0.3) is 0 Å². The molecule has 1 heterocycles. The summed E-state index contributed by atoms with van der Waals surface area (Å²) in [5.74, 6) is -0.366. The fraction of sp³-hybridized carbons (Fsp3) is 0.538. The second kappa shape index (κ2) is 6.92. The summed E-state index contributed by atoms with van der Waals surface area (Å²) in [4.78, 5) is 2.29. The van der Waals surface area contributed by atoms with Crippen molar-refractivity contribution in [1.29, 1.82) is 0 Å². The zero-order chi connectivity index (χ0) is 12.3. The lowest BCUT2D eigenvalue weighted by Crippen LogP contribution is -2.40. The normalized spacial score (nSPS) is 17.4. The Balaban J connectivity index is 0.00000162. The number of aromatic hydroxyl groups is 1. The largest absolute Gasteiger partial charge is 0.508 e. The number of nitrogens with one attached hydrogen (secondary N) is 1. The molecule has 1 fully saturated rings. The van der Waals surface area contributed by atoms with Crippen LogP contribution in [0.2, 0.25) is 0 Å². The minimum atomic E-state index is -0.370. The Bertz CT molecular complexity index is 361. The molecule has 0 spiro atoms. The van der Waals surface area contributed by atoms with Gasteiger partial charge in [-0.05, 0) is 50.7 Å². The van der Waals surface area contributed by atoms with Gasteiger partial charge in [-0.1, -0.05) is 0 Å². The molecule has 102 valence electrons. The van der Waals surface area contributed by atoms with E-state index in [1.165, 1.54) is 6.07 Å². The first-order valence-corrected chi connectivity index (χ1v) is 6.05. The van der Waals surface area contributed by atoms with Crippen LogP contribution < -0.4 is 5.32 Å². The van der Waals surface area contributed by atoms with Crippen LogP contribution in [0, 0.1) is 5.82 Å². The Morgan fingerprint density at radius 3 is 2.56 bits per heavy atom. The summed E-state index contributed by atoms with van der Waals surface area (Å²) in [6.45, 7) is 2.74. The van der Waals surface area contributed by atoms with Crippen molar-refractivity contribution in [3.8, 4) is 5.75 Å². The third-order valence-electron chi connectivity index (χ3n) is 3.34. The van der Waals surface area contributed by atoms with Gasteiger partial charge < -0.3 is 10.4 Å². The standard InChI is InChI=1S/C13H19FN2O.ClH/c1-15-12-2-4-16(5-3-12)9-10-6-11(14)8-13(17)7-10;/h6-8,12,15,17H,2-5,9H2,1H3;1H. The van der Waals surface area contributed by atoms with E-state index < -0.39 is 0 Å². The molecule has 1 aliphatic heterocycles. The SMILES string of the molecule is CNC1CCN(Cc2cc(O)cc(F)c2)CC1.Cl. The predicted octanol–water partition coefficient (Wildman–Crippen LogP) is 2.14. The summed E-state index contributed by atoms with van der Waals surface area (Å²) < 4.78 is 13.1. The number of nitrogens with zero attached hydrogens (tertiary/aromatic N) is 1. The van der Waals surface area contributed by atoms with Gasteiger partial charge >= 0.3 is 0 Å². The first-order chi connectivity index (χ1) is 8.17. The van der Waals surface area contributed by atoms with E-state index in [-0.39, 0.29) is 24.0 Å². The molecular formula is C13H20ClFN2O. The van der Waals surface area contributed by atoms with Crippen molar-refractivity contribution in [3.63, 3.8) is 0 Å². The maximum atomic E-state index is 13.1. The quantitative estimate of drug-likeness (QED) is 0.886. The van der Waals surface area contributed by atoms with Crippen molar-refractivity contribution in [1.82, 2.24) is 10.2 Å². The van der Waals surface area contributed by atoms with Gasteiger partial charge in [0.25, 0.3) is 0 Å². The van der Waals surface area contributed by atoms with Gasteiger partial charge in [-0.15, -0.1) is 12.4 Å². The maximum absolute atomic E-state index is 13.1. The summed E-state index contributed by atoms with van der Waals surface area (Å²) in [6, 6.07) is 4.86. The summed E-state index contributed by atoms with van der Waals surface area (Å²) >= 11 is 0. The van der Waals surface area contributed by atoms with Crippen LogP contribution in [0.5, 0.6) is 5.75 Å². The van der Waals surface area contributed by atoms with Crippen LogP contribution in [-0.2, 0) is 6.54 Å². The van der Waals surface area contributed by atoms with E-state index in [0.717, 1.165) is 37.6 Å². The Hall–Kier alpha value is -0.840. The van der Waals surface area contributed by atoms with Gasteiger partial charge in [0.2, 0.25) is 0 Å². The summed E-state index contributed by atoms with van der Waals surface area (Å²) in [5.41, 5.74) is 0.838. The molecule has 1 aromatic carbocycles. The molecule has 5 heteroatoms. The van der Waals surface area contributed by atoms with E-state index >= 15 is 0 Å². The van der Waals surface area contributed by atoms with Gasteiger partial charge in [0.15, 0.2) is 0 Å². The average molecular weight is 275 g/mol. The van der Waals surface area contributed by atoms with Crippen molar-refractivity contribution in [2.24, 2.45) is 0 Å². The third kappa shape index (κ3) is 4.12. The van der Waals surface area contributed by atoms with Crippen LogP contribution in [0.4, 0.5) is 4.39 Å². The lowest BCUT2D eigenvalue weighted by Gasteiger charge is -2.31. The smallest absolute Gasteiger partial charge is 0.127 e. The fourth-order valence-corrected chi connectivity index (χ4v) is 2.36. The van der Waals surface area contributed by atoms with E-state index in [2.05, 4.69) is 10.2 Å². The maximum Gasteiger partial charge on any atom is 0.127 e. The van der Waals surface area contributed by atoms with Gasteiger partial charge in [0.1, 0.15) is 11.6 Å². The number of hydrogen-bond acceptors (Lipinski definition) is 3. The molecule has 0 aliphatic carbocycles. The first kappa shape index (κ1) is 15.2. The Morgan fingerprint density at radius 2 is 2.00 bits per heavy atom. The van der Waals surface area contributed by atoms with Crippen LogP contribution in [-0.4, -0.2) is 36.2 Å². The van der Waals surface area contributed by atoms with E-state index in [9.17, 15) is 9.50 Å². The fourth-order valence-electron chi connectivity index (χ4n) is 2.36. The zero-order valence-electron chi connectivity index (χ0n) is 10.5. The van der Waals surface area contributed by atoms with Gasteiger partial charge in [-0.3, -0.25) is 4.90 Å². The number of phenols is 1. The van der Waals surface area contributed by atoms with Gasteiger partial charge in [-0.2, -0.15) is 0 Å². The van der Waals surface area contributed by atoms with Crippen molar-refractivity contribution in [3.05, 3.63) is 29.6 Å². The minimum Gasteiger partial charge on any atom is -0.508 e. The van der Waals surface area contributed by atoms with E-state index in [1.54, 1.807) is 6.07 Å². The number of phenolic OH excluding ortho intramolecular Hbond substituents is 1. The highest BCUT2D eigenvalue weighted by Gasteiger charge is 2.17. The van der Waals surface area contributed by atoms with Crippen molar-refractivity contribution < 1.29 is 9.50 Å². The third-order valence-corrected chi connectivity index (χ3v) is 3.34. The molecule has 18 heavy (non-hydrogen) atoms. The highest BCUT2D eigenvalue weighted by molar-refractivity contribution is 5.85. The molecule has 1 aromatic rings. The molecule has 0 atom stereocenters. The summed E-state index contributed by atoms with van der Waals surface area (Å²) in [5, 5.41) is 12.6. The highest BCUT2D eigenvalue weighted by atomic mass is 35.5. The zero-order valence-corrected chi connectivity index (χ0v) is 11.3. The molecule has 1 aliphatic rings. The summed E-state index contributed by atoms with van der Waals surface area (Å²) in [6.07, 6.45) is 2.25. The van der Waals surface area contributed by atoms with E-state index in [0.29, 0.717) is 12.6 Å². The van der Waals surface area contributed by atoms with Gasteiger partial charge in [-0.25, -0.2) is 4.39 Å². The summed E-state index contributed by atoms with van der Waals surface area (Å²) in [7, 11) is 1.99. The van der Waals surface area contributed by atoms with Crippen LogP contribution in [0.1, 0.15) is 18.4 Å². The number of rotatable bonds is 3. The second-order valence-electron chi connectivity index (χ2n) is 4.66. The van der Waals surface area contributed by atoms with Crippen molar-refractivity contribution >= 4 is 12.4 Å². The first-order valence-electron chi connectivity index (χ1n) is 6.05. The lowest BCUT2D eigenvalue weighted by atomic mass is 10.0. The Kier molecular flexibility index (Phi) is 5.85. The Morgan fingerprint density at radius 1 is 1.33 bits per heavy atom. The van der Waals surface area contributed by atoms with E-state index in [4.69, 9.17) is 0 Å². The topological polar surface area (TPSA) is 35.5 Å². The molecule has 0 bridgehead atoms. The van der Waals surface area contributed by atoms with E-state index in [1.807, 2.05) is 7.05 Å². The molecule has 0 saturated carbocycles. The number of hydrogen-bond donors (Lipinski definition) is 2. The molecule has 0 amide bonds. The molecule has 0 aromatic heterocycles. The predicted molar refractivity (Wildman–Crippen MR) is 72.7 cm³/mol. The van der Waals surface area contributed by atoms with Gasteiger partial charge in [0, 0.05) is 18.7 Å². The minimum absolute atomic E-state index is 0. The monoisotopic (exact) mass is 274 g/mol. The molecule has 2 N–H and O–H groups in total. The van der Waals surface area contributed by atoms with Crippen LogP contribution in [0.15, 0.2) is 18.2 Å². The number of piperidine rings is 1. The molecule has 0 radical (unpaired) electrons. The number of likely N-dealkylation sites (tertiary alicyclic amines) is 1. The molecule has 2 rings (SSSR count). The second-order valence-corrected chi connectivity index (χ2v) is 4.66. The van der Waals surface area contributed by atoms with Crippen molar-refractivity contribution in [2.45, 2.75) is 25.4 Å². The molecule has 1 saturated heterocycles. The lowest BCUT2D eigenvalue weighted by molar-refractivity contribution is 0.194. The van der Waals surface area contributed by atoms with Crippen molar-refractivity contribution in [2.75, 3.05) is 20.1 Å². The van der Waals surface area contributed by atoms with Crippen LogP contribution >= 0.6 is 12.4 Å². The molecular weight excluding hydrogens is 255 g/mol. The highest BCUT2D eigenvalue weighted by Crippen LogP contribution is 2.18. The number of halogens is 2. The molecule has 0 unspecified atom stereocenters. The molecule has 3 nitrogen and oxygen atoms in total. The average Bonchev–Trinajstić information content (AvgIpc) is 2.28. The number of benzene rings is 1. The van der Waals surface area contributed by atoms with Crippen LogP contribution in [0.3, 0.4) is 0 Å².